The average molecular weight is 405 g/mol. The Morgan fingerprint density at radius 2 is 1.79 bits per heavy atom. The van der Waals surface area contributed by atoms with Crippen LogP contribution in [-0.2, 0) is 9.53 Å². The molecule has 0 aliphatic heterocycles. The normalized spacial score (nSPS) is 46.5. The van der Waals surface area contributed by atoms with E-state index in [-0.39, 0.29) is 0 Å². The van der Waals surface area contributed by atoms with Crippen LogP contribution in [0.15, 0.2) is 0 Å². The number of Topliss-reactive ketones (excluding diaryl/α,β-unsaturated/α-hetero) is 1. The standard InChI is InChI=1S/C26H44O3/c1-5-29-24(28)11-6-17(2)21-9-10-22-20-8-7-18-16-19(27)12-14-25(18,3)23(20)13-15-26(21,22)4/h17-18,20-24,28H,5-16H2,1-4H3/t17-,18-,20?,21-,22?,23?,24?,25+,26-/m1/s1. The highest BCUT2D eigenvalue weighted by molar-refractivity contribution is 5.79. The Hall–Kier alpha value is -0.410. The van der Waals surface area contributed by atoms with Crippen molar-refractivity contribution in [2.45, 2.75) is 105 Å². The van der Waals surface area contributed by atoms with E-state index < -0.39 is 6.29 Å². The van der Waals surface area contributed by atoms with Crippen molar-refractivity contribution in [2.24, 2.45) is 46.3 Å². The molecule has 4 aliphatic rings. The highest BCUT2D eigenvalue weighted by atomic mass is 16.6. The molecule has 4 rings (SSSR count). The quantitative estimate of drug-likeness (QED) is 0.553. The third-order valence-corrected chi connectivity index (χ3v) is 10.5. The number of ketones is 1. The number of fused-ring (bicyclic) bond motifs is 5. The Kier molecular flexibility index (Phi) is 6.21. The highest BCUT2D eigenvalue weighted by Gasteiger charge is 2.60. The minimum Gasteiger partial charge on any atom is -0.368 e. The van der Waals surface area contributed by atoms with Crippen molar-refractivity contribution in [3.05, 3.63) is 0 Å². The van der Waals surface area contributed by atoms with E-state index in [1.54, 1.807) is 0 Å². The van der Waals surface area contributed by atoms with Crippen LogP contribution >= 0.6 is 0 Å². The number of aliphatic hydroxyl groups excluding tert-OH is 1. The maximum Gasteiger partial charge on any atom is 0.154 e. The van der Waals surface area contributed by atoms with Gasteiger partial charge in [-0.15, -0.1) is 0 Å². The van der Waals surface area contributed by atoms with Gasteiger partial charge in [0.25, 0.3) is 0 Å². The Balaban J connectivity index is 1.45. The van der Waals surface area contributed by atoms with Crippen LogP contribution in [0.1, 0.15) is 98.3 Å². The number of carbonyl (C=O) groups excluding carboxylic acids is 1. The fraction of sp³-hybridized carbons (Fsp3) is 0.962. The monoisotopic (exact) mass is 404 g/mol. The number of hydrogen-bond donors (Lipinski definition) is 1. The fourth-order valence-corrected chi connectivity index (χ4v) is 8.90. The third-order valence-electron chi connectivity index (χ3n) is 10.5. The van der Waals surface area contributed by atoms with Gasteiger partial charge in [-0.3, -0.25) is 4.79 Å². The van der Waals surface area contributed by atoms with E-state index in [1.807, 2.05) is 6.92 Å². The van der Waals surface area contributed by atoms with Gasteiger partial charge in [0.15, 0.2) is 6.29 Å². The van der Waals surface area contributed by atoms with Gasteiger partial charge in [0, 0.05) is 19.4 Å². The molecule has 4 unspecified atom stereocenters. The van der Waals surface area contributed by atoms with Crippen LogP contribution in [0.25, 0.3) is 0 Å². The number of carbonyl (C=O) groups is 1. The first-order valence-electron chi connectivity index (χ1n) is 12.6. The van der Waals surface area contributed by atoms with E-state index in [9.17, 15) is 9.90 Å². The zero-order chi connectivity index (χ0) is 20.8. The van der Waals surface area contributed by atoms with Crippen molar-refractivity contribution < 1.29 is 14.6 Å². The molecule has 4 aliphatic carbocycles. The second-order valence-electron chi connectivity index (χ2n) is 11.6. The van der Waals surface area contributed by atoms with E-state index in [1.165, 1.54) is 38.5 Å². The Morgan fingerprint density at radius 1 is 1.03 bits per heavy atom. The lowest BCUT2D eigenvalue weighted by atomic mass is 9.44. The molecule has 0 spiro atoms. The summed E-state index contributed by atoms with van der Waals surface area (Å²) in [5.74, 6) is 5.24. The lowest BCUT2D eigenvalue weighted by molar-refractivity contribution is -0.140. The molecule has 3 heteroatoms. The zero-order valence-electron chi connectivity index (χ0n) is 19.3. The van der Waals surface area contributed by atoms with Gasteiger partial charge in [-0.05, 0) is 111 Å². The SMILES string of the molecule is CCOC(O)CC[C@@H](C)[C@H]1CCC2C3CC[C@@H]4CC(=O)CC[C@]4(C)C3CC[C@@]21C. The molecule has 1 N–H and O–H groups in total. The molecule has 0 heterocycles. The molecule has 0 amide bonds. The van der Waals surface area contributed by atoms with Crippen LogP contribution in [0, 0.1) is 46.3 Å². The van der Waals surface area contributed by atoms with Crippen LogP contribution in [0.4, 0.5) is 0 Å². The topological polar surface area (TPSA) is 46.5 Å². The second-order valence-corrected chi connectivity index (χ2v) is 11.6. The van der Waals surface area contributed by atoms with E-state index in [2.05, 4.69) is 20.8 Å². The Bertz CT molecular complexity index is 603. The highest BCUT2D eigenvalue weighted by Crippen LogP contribution is 2.68. The molecule has 0 aromatic carbocycles. The summed E-state index contributed by atoms with van der Waals surface area (Å²) in [7, 11) is 0. The van der Waals surface area contributed by atoms with Crippen molar-refractivity contribution >= 4 is 5.78 Å². The van der Waals surface area contributed by atoms with Crippen molar-refractivity contribution in [1.29, 1.82) is 0 Å². The summed E-state index contributed by atoms with van der Waals surface area (Å²) in [4.78, 5) is 12.1. The van der Waals surface area contributed by atoms with E-state index in [0.717, 1.165) is 55.8 Å². The first-order chi connectivity index (χ1) is 13.8. The summed E-state index contributed by atoms with van der Waals surface area (Å²) >= 11 is 0. The van der Waals surface area contributed by atoms with Crippen molar-refractivity contribution in [3.8, 4) is 0 Å². The molecule has 166 valence electrons. The van der Waals surface area contributed by atoms with Gasteiger partial charge in [-0.2, -0.15) is 0 Å². The number of hydrogen-bond acceptors (Lipinski definition) is 3. The third kappa shape index (κ3) is 3.73. The lowest BCUT2D eigenvalue weighted by Crippen LogP contribution is -2.53. The lowest BCUT2D eigenvalue weighted by Gasteiger charge is -2.60. The smallest absolute Gasteiger partial charge is 0.154 e. The molecule has 4 saturated carbocycles. The first-order valence-corrected chi connectivity index (χ1v) is 12.6. The van der Waals surface area contributed by atoms with Gasteiger partial charge < -0.3 is 9.84 Å². The summed E-state index contributed by atoms with van der Waals surface area (Å²) in [6, 6.07) is 0. The van der Waals surface area contributed by atoms with Gasteiger partial charge in [-0.25, -0.2) is 0 Å². The van der Waals surface area contributed by atoms with Gasteiger partial charge in [-0.1, -0.05) is 20.8 Å². The summed E-state index contributed by atoms with van der Waals surface area (Å²) in [5, 5.41) is 10.0. The molecule has 0 bridgehead atoms. The summed E-state index contributed by atoms with van der Waals surface area (Å²) < 4.78 is 5.36. The second kappa shape index (κ2) is 8.26. The first kappa shape index (κ1) is 21.8. The average Bonchev–Trinajstić information content (AvgIpc) is 3.04. The van der Waals surface area contributed by atoms with Crippen molar-refractivity contribution in [3.63, 3.8) is 0 Å². The predicted octanol–water partition coefficient (Wildman–Crippen LogP) is 5.99. The number of aliphatic hydroxyl groups is 1. The Morgan fingerprint density at radius 3 is 2.55 bits per heavy atom. The summed E-state index contributed by atoms with van der Waals surface area (Å²) in [6.07, 6.45) is 12.3. The molecule has 0 radical (unpaired) electrons. The van der Waals surface area contributed by atoms with Crippen LogP contribution < -0.4 is 0 Å². The summed E-state index contributed by atoms with van der Waals surface area (Å²) in [5.41, 5.74) is 0.897. The van der Waals surface area contributed by atoms with Crippen molar-refractivity contribution in [2.75, 3.05) is 6.61 Å². The molecule has 0 aromatic rings. The molecular weight excluding hydrogens is 360 g/mol. The predicted molar refractivity (Wildman–Crippen MR) is 116 cm³/mol. The summed E-state index contributed by atoms with van der Waals surface area (Å²) in [6.45, 7) is 10.1. The molecule has 9 atom stereocenters. The maximum absolute atomic E-state index is 12.1. The number of ether oxygens (including phenoxy) is 1. The van der Waals surface area contributed by atoms with Crippen LogP contribution in [0.2, 0.25) is 0 Å². The maximum atomic E-state index is 12.1. The van der Waals surface area contributed by atoms with Gasteiger partial charge in [0.2, 0.25) is 0 Å². The fourth-order valence-electron chi connectivity index (χ4n) is 8.90. The van der Waals surface area contributed by atoms with E-state index in [4.69, 9.17) is 4.74 Å². The van der Waals surface area contributed by atoms with Gasteiger partial charge >= 0.3 is 0 Å². The number of rotatable bonds is 6. The van der Waals surface area contributed by atoms with Crippen LogP contribution in [0.5, 0.6) is 0 Å². The van der Waals surface area contributed by atoms with Crippen LogP contribution in [0.3, 0.4) is 0 Å². The van der Waals surface area contributed by atoms with Crippen LogP contribution in [-0.4, -0.2) is 23.8 Å². The molecular formula is C26H44O3. The molecule has 29 heavy (non-hydrogen) atoms. The largest absolute Gasteiger partial charge is 0.368 e. The van der Waals surface area contributed by atoms with Crippen molar-refractivity contribution in [1.82, 2.24) is 0 Å². The Labute approximate surface area is 178 Å². The minimum atomic E-state index is -0.590. The van der Waals surface area contributed by atoms with Gasteiger partial charge in [0.1, 0.15) is 5.78 Å². The molecule has 4 fully saturated rings. The molecule has 0 saturated heterocycles. The molecule has 3 nitrogen and oxygen atoms in total. The molecule has 0 aromatic heterocycles. The zero-order valence-corrected chi connectivity index (χ0v) is 19.3. The minimum absolute atomic E-state index is 0.420. The van der Waals surface area contributed by atoms with E-state index in [0.29, 0.717) is 35.1 Å². The van der Waals surface area contributed by atoms with E-state index >= 15 is 0 Å². The van der Waals surface area contributed by atoms with Gasteiger partial charge in [0.05, 0.1) is 0 Å².